The lowest BCUT2D eigenvalue weighted by Gasteiger charge is -2.32. The van der Waals surface area contributed by atoms with Crippen molar-refractivity contribution in [1.29, 1.82) is 0 Å². The van der Waals surface area contributed by atoms with Gasteiger partial charge in [-0.25, -0.2) is 0 Å². The molecule has 0 radical (unpaired) electrons. The molecule has 2 amide bonds. The number of nitrogens with one attached hydrogen (secondary N) is 1. The Morgan fingerprint density at radius 2 is 1.44 bits per heavy atom. The van der Waals surface area contributed by atoms with E-state index in [1.54, 1.807) is 4.90 Å². The van der Waals surface area contributed by atoms with Crippen molar-refractivity contribution in [3.8, 4) is 0 Å². The summed E-state index contributed by atoms with van der Waals surface area (Å²) in [6, 6.07) is 26.6. The highest BCUT2D eigenvalue weighted by Crippen LogP contribution is 2.20. The second-order valence-corrected chi connectivity index (χ2v) is 9.35. The van der Waals surface area contributed by atoms with Crippen LogP contribution in [0.4, 0.5) is 0 Å². The summed E-state index contributed by atoms with van der Waals surface area (Å²) in [7, 11) is 0. The highest BCUT2D eigenvalue weighted by atomic mass is 35.5. The summed E-state index contributed by atoms with van der Waals surface area (Å²) in [4.78, 5) is 28.7. The standard InChI is InChI=1S/C29H33ClN2O2/c1-22(2)20-31-29(34)27(19-23-11-5-3-6-12-23)32(21-24-13-7-4-8-14-24)28(33)18-17-25-15-9-10-16-26(25)30/h3-16,22,27H,17-21H2,1-2H3,(H,31,34)/t27-/m0/s1. The number of benzene rings is 3. The second-order valence-electron chi connectivity index (χ2n) is 8.94. The molecule has 0 unspecified atom stereocenters. The maximum Gasteiger partial charge on any atom is 0.243 e. The fraction of sp³-hybridized carbons (Fsp3) is 0.310. The molecule has 0 fully saturated rings. The van der Waals surface area contributed by atoms with E-state index in [9.17, 15) is 9.59 Å². The van der Waals surface area contributed by atoms with Gasteiger partial charge in [-0.05, 0) is 35.1 Å². The van der Waals surface area contributed by atoms with Gasteiger partial charge in [-0.1, -0.05) is 104 Å². The summed E-state index contributed by atoms with van der Waals surface area (Å²) in [5.41, 5.74) is 2.94. The van der Waals surface area contributed by atoms with Crippen LogP contribution in [-0.2, 0) is 29.0 Å². The number of carbonyl (C=O) groups excluding carboxylic acids is 2. The van der Waals surface area contributed by atoms with Gasteiger partial charge < -0.3 is 10.2 Å². The average Bonchev–Trinajstić information content (AvgIpc) is 2.85. The van der Waals surface area contributed by atoms with Crippen molar-refractivity contribution in [2.45, 2.75) is 45.7 Å². The van der Waals surface area contributed by atoms with Crippen molar-refractivity contribution in [2.75, 3.05) is 6.54 Å². The van der Waals surface area contributed by atoms with Crippen LogP contribution in [0.3, 0.4) is 0 Å². The van der Waals surface area contributed by atoms with Gasteiger partial charge in [0.05, 0.1) is 0 Å². The normalized spacial score (nSPS) is 11.8. The van der Waals surface area contributed by atoms with Gasteiger partial charge in [0.1, 0.15) is 6.04 Å². The first-order valence-corrected chi connectivity index (χ1v) is 12.2. The van der Waals surface area contributed by atoms with Crippen LogP contribution in [0.2, 0.25) is 5.02 Å². The minimum atomic E-state index is -0.611. The molecule has 3 aromatic rings. The van der Waals surface area contributed by atoms with Crippen LogP contribution in [0.15, 0.2) is 84.9 Å². The van der Waals surface area contributed by atoms with Crippen LogP contribution < -0.4 is 5.32 Å². The Morgan fingerprint density at radius 3 is 2.06 bits per heavy atom. The molecule has 0 aliphatic heterocycles. The molecular weight excluding hydrogens is 444 g/mol. The minimum Gasteiger partial charge on any atom is -0.354 e. The molecule has 0 aromatic heterocycles. The molecule has 0 saturated carbocycles. The van der Waals surface area contributed by atoms with Gasteiger partial charge in [-0.3, -0.25) is 9.59 Å². The van der Waals surface area contributed by atoms with Crippen molar-refractivity contribution in [2.24, 2.45) is 5.92 Å². The van der Waals surface area contributed by atoms with E-state index in [0.717, 1.165) is 16.7 Å². The third kappa shape index (κ3) is 7.74. The molecule has 0 heterocycles. The Morgan fingerprint density at radius 1 is 0.853 bits per heavy atom. The maximum absolute atomic E-state index is 13.6. The topological polar surface area (TPSA) is 49.4 Å². The number of carbonyl (C=O) groups is 2. The highest BCUT2D eigenvalue weighted by molar-refractivity contribution is 6.31. The summed E-state index contributed by atoms with van der Waals surface area (Å²) in [6.45, 7) is 5.05. The first kappa shape index (κ1) is 25.5. The molecule has 0 aliphatic rings. The first-order valence-electron chi connectivity index (χ1n) is 11.8. The molecule has 3 rings (SSSR count). The molecular formula is C29H33ClN2O2. The SMILES string of the molecule is CC(C)CNC(=O)[C@H](Cc1ccccc1)N(Cc1ccccc1)C(=O)CCc1ccccc1Cl. The van der Waals surface area contributed by atoms with E-state index in [0.29, 0.717) is 36.9 Å². The number of hydrogen-bond acceptors (Lipinski definition) is 2. The van der Waals surface area contributed by atoms with E-state index >= 15 is 0 Å². The smallest absolute Gasteiger partial charge is 0.243 e. The van der Waals surface area contributed by atoms with Crippen molar-refractivity contribution in [1.82, 2.24) is 10.2 Å². The van der Waals surface area contributed by atoms with E-state index in [2.05, 4.69) is 19.2 Å². The molecule has 0 spiro atoms. The fourth-order valence-corrected chi connectivity index (χ4v) is 4.07. The number of rotatable bonds is 11. The molecule has 5 heteroatoms. The molecule has 1 N–H and O–H groups in total. The highest BCUT2D eigenvalue weighted by Gasteiger charge is 2.30. The van der Waals surface area contributed by atoms with E-state index < -0.39 is 6.04 Å². The zero-order valence-corrected chi connectivity index (χ0v) is 20.7. The summed E-state index contributed by atoms with van der Waals surface area (Å²) in [5, 5.41) is 3.71. The fourth-order valence-electron chi connectivity index (χ4n) is 3.84. The van der Waals surface area contributed by atoms with Crippen LogP contribution in [0.25, 0.3) is 0 Å². The van der Waals surface area contributed by atoms with E-state index in [1.807, 2.05) is 84.9 Å². The average molecular weight is 477 g/mol. The van der Waals surface area contributed by atoms with Crippen molar-refractivity contribution >= 4 is 23.4 Å². The number of halogens is 1. The molecule has 0 saturated heterocycles. The quantitative estimate of drug-likeness (QED) is 0.386. The predicted octanol–water partition coefficient (Wildman–Crippen LogP) is 5.68. The van der Waals surface area contributed by atoms with Gasteiger partial charge in [0.2, 0.25) is 11.8 Å². The lowest BCUT2D eigenvalue weighted by molar-refractivity contribution is -0.141. The number of hydrogen-bond donors (Lipinski definition) is 1. The molecule has 4 nitrogen and oxygen atoms in total. The third-order valence-electron chi connectivity index (χ3n) is 5.72. The van der Waals surface area contributed by atoms with Gasteiger partial charge in [0.25, 0.3) is 0 Å². The van der Waals surface area contributed by atoms with E-state index in [1.165, 1.54) is 0 Å². The summed E-state index contributed by atoms with van der Waals surface area (Å²) in [5.74, 6) is 0.129. The Balaban J connectivity index is 1.88. The Hall–Kier alpha value is -3.11. The van der Waals surface area contributed by atoms with E-state index in [-0.39, 0.29) is 18.2 Å². The number of amides is 2. The molecule has 178 valence electrons. The lowest BCUT2D eigenvalue weighted by atomic mass is 10.0. The van der Waals surface area contributed by atoms with Crippen molar-refractivity contribution in [3.63, 3.8) is 0 Å². The van der Waals surface area contributed by atoms with Crippen molar-refractivity contribution in [3.05, 3.63) is 107 Å². The van der Waals surface area contributed by atoms with Gasteiger partial charge in [-0.15, -0.1) is 0 Å². The minimum absolute atomic E-state index is 0.0654. The largest absolute Gasteiger partial charge is 0.354 e. The van der Waals surface area contributed by atoms with Crippen LogP contribution in [0.5, 0.6) is 0 Å². The Bertz CT molecular complexity index is 1050. The zero-order chi connectivity index (χ0) is 24.3. The predicted molar refractivity (Wildman–Crippen MR) is 139 cm³/mol. The third-order valence-corrected chi connectivity index (χ3v) is 6.09. The lowest BCUT2D eigenvalue weighted by Crippen LogP contribution is -2.51. The Kier molecular flexibility index (Phi) is 9.72. The Labute approximate surface area is 207 Å². The molecule has 3 aromatic carbocycles. The number of aryl methyl sites for hydroxylation is 1. The van der Waals surface area contributed by atoms with Gasteiger partial charge in [-0.2, -0.15) is 0 Å². The van der Waals surface area contributed by atoms with Crippen LogP contribution >= 0.6 is 11.6 Å². The van der Waals surface area contributed by atoms with Crippen molar-refractivity contribution < 1.29 is 9.59 Å². The summed E-state index contributed by atoms with van der Waals surface area (Å²) < 4.78 is 0. The maximum atomic E-state index is 13.6. The number of nitrogens with zero attached hydrogens (tertiary/aromatic N) is 1. The molecule has 0 bridgehead atoms. The van der Waals surface area contributed by atoms with Crippen LogP contribution in [0, 0.1) is 5.92 Å². The van der Waals surface area contributed by atoms with Gasteiger partial charge in [0.15, 0.2) is 0 Å². The van der Waals surface area contributed by atoms with Gasteiger partial charge in [0, 0.05) is 31.0 Å². The first-order chi connectivity index (χ1) is 16.4. The summed E-state index contributed by atoms with van der Waals surface area (Å²) in [6.07, 6.45) is 1.25. The molecule has 0 aliphatic carbocycles. The zero-order valence-electron chi connectivity index (χ0n) is 19.9. The van der Waals surface area contributed by atoms with Crippen LogP contribution in [-0.4, -0.2) is 29.3 Å². The van der Waals surface area contributed by atoms with E-state index in [4.69, 9.17) is 11.6 Å². The molecule has 34 heavy (non-hydrogen) atoms. The molecule has 1 atom stereocenters. The summed E-state index contributed by atoms with van der Waals surface area (Å²) >= 11 is 6.32. The van der Waals surface area contributed by atoms with Crippen LogP contribution in [0.1, 0.15) is 37.0 Å². The van der Waals surface area contributed by atoms with Gasteiger partial charge >= 0.3 is 0 Å². The second kappa shape index (κ2) is 13.0. The monoisotopic (exact) mass is 476 g/mol.